The Morgan fingerprint density at radius 2 is 1.96 bits per heavy atom. The molecule has 2 atom stereocenters. The van der Waals surface area contributed by atoms with Gasteiger partial charge in [0, 0.05) is 37.1 Å². The molecule has 1 aromatic heterocycles. The molecule has 1 aliphatic heterocycles. The number of anilines is 3. The van der Waals surface area contributed by atoms with E-state index in [0.717, 1.165) is 19.3 Å². The normalized spacial score (nSPS) is 24.5. The molecule has 2 aliphatic rings. The average molecular weight is 398 g/mol. The lowest BCUT2D eigenvalue weighted by Crippen LogP contribution is -2.29. The maximum atomic E-state index is 13.3. The highest BCUT2D eigenvalue weighted by Gasteiger charge is 2.53. The van der Waals surface area contributed by atoms with Crippen molar-refractivity contribution in [3.05, 3.63) is 35.1 Å². The van der Waals surface area contributed by atoms with E-state index in [1.807, 2.05) is 4.90 Å². The fourth-order valence-electron chi connectivity index (χ4n) is 3.29. The Kier molecular flexibility index (Phi) is 4.05. The van der Waals surface area contributed by atoms with Gasteiger partial charge in [-0.25, -0.2) is 22.8 Å². The van der Waals surface area contributed by atoms with Crippen molar-refractivity contribution in [2.45, 2.75) is 11.2 Å². The molecule has 138 valence electrons. The van der Waals surface area contributed by atoms with E-state index in [1.165, 1.54) is 18.2 Å². The second-order valence-corrected chi connectivity index (χ2v) is 9.05. The maximum Gasteiger partial charge on any atom is 0.250 e. The first-order valence-electron chi connectivity index (χ1n) is 8.04. The number of hydrogen-bond acceptors (Lipinski definition) is 7. The van der Waals surface area contributed by atoms with Gasteiger partial charge in [-0.2, -0.15) is 0 Å². The zero-order valence-electron chi connectivity index (χ0n) is 13.9. The van der Waals surface area contributed by atoms with Crippen molar-refractivity contribution < 1.29 is 12.8 Å². The minimum atomic E-state index is -3.60. The lowest BCUT2D eigenvalue weighted by molar-refractivity contribution is 0.592. The smallest absolute Gasteiger partial charge is 0.250 e. The van der Waals surface area contributed by atoms with Gasteiger partial charge in [0.2, 0.25) is 9.84 Å². The van der Waals surface area contributed by atoms with Crippen molar-refractivity contribution in [2.24, 2.45) is 17.6 Å². The number of hydrogen-bond donors (Lipinski definition) is 2. The molecular weight excluding hydrogens is 381 g/mol. The molecule has 0 amide bonds. The van der Waals surface area contributed by atoms with E-state index in [9.17, 15) is 12.8 Å². The van der Waals surface area contributed by atoms with Crippen molar-refractivity contribution in [1.82, 2.24) is 9.97 Å². The van der Waals surface area contributed by atoms with Crippen molar-refractivity contribution in [1.29, 1.82) is 0 Å². The van der Waals surface area contributed by atoms with E-state index in [-0.39, 0.29) is 16.2 Å². The molecule has 0 spiro atoms. The third-order valence-corrected chi connectivity index (χ3v) is 5.94. The third-order valence-electron chi connectivity index (χ3n) is 4.80. The van der Waals surface area contributed by atoms with Gasteiger partial charge in [0.05, 0.1) is 5.02 Å². The van der Waals surface area contributed by atoms with Gasteiger partial charge in [0.15, 0.2) is 0 Å². The Hall–Kier alpha value is -1.97. The van der Waals surface area contributed by atoms with Gasteiger partial charge in [-0.15, -0.1) is 0 Å². The molecule has 26 heavy (non-hydrogen) atoms. The van der Waals surface area contributed by atoms with Gasteiger partial charge in [0.1, 0.15) is 17.5 Å². The van der Waals surface area contributed by atoms with Gasteiger partial charge in [-0.05, 0) is 30.0 Å². The number of rotatable bonds is 4. The minimum absolute atomic E-state index is 0.0405. The van der Waals surface area contributed by atoms with Gasteiger partial charge in [-0.1, -0.05) is 11.6 Å². The maximum absolute atomic E-state index is 13.3. The Morgan fingerprint density at radius 1 is 1.27 bits per heavy atom. The van der Waals surface area contributed by atoms with Crippen molar-refractivity contribution >= 4 is 38.8 Å². The Labute approximate surface area is 155 Å². The van der Waals surface area contributed by atoms with Crippen molar-refractivity contribution in [3.63, 3.8) is 0 Å². The van der Waals surface area contributed by atoms with Gasteiger partial charge in [0.25, 0.3) is 5.16 Å². The summed E-state index contributed by atoms with van der Waals surface area (Å²) in [6, 6.07) is 6.01. The molecule has 2 fully saturated rings. The average Bonchev–Trinajstić information content (AvgIpc) is 2.98. The molecular formula is C16H17ClFN5O2S. The van der Waals surface area contributed by atoms with Gasteiger partial charge < -0.3 is 16.0 Å². The highest BCUT2D eigenvalue weighted by molar-refractivity contribution is 7.90. The molecule has 1 aromatic carbocycles. The summed E-state index contributed by atoms with van der Waals surface area (Å²) in [5.41, 5.74) is 6.45. The topological polar surface area (TPSA) is 101 Å². The summed E-state index contributed by atoms with van der Waals surface area (Å²) < 4.78 is 37.3. The van der Waals surface area contributed by atoms with Crippen LogP contribution in [0.25, 0.3) is 0 Å². The molecule has 2 unspecified atom stereocenters. The molecule has 10 heteroatoms. The molecule has 0 radical (unpaired) electrons. The standard InChI is InChI=1S/C16H17ClFN5O2S/c1-26(24,25)16-21-13(20-8-2-3-12(18)11(17)4-8)5-14(22-16)23-6-9-10(7-23)15(9)19/h2-5,9-10,15H,6-7,19H2,1H3,(H,20,21,22). The van der Waals surface area contributed by atoms with E-state index in [0.29, 0.717) is 29.2 Å². The highest BCUT2D eigenvalue weighted by Crippen LogP contribution is 2.45. The number of nitrogens with two attached hydrogens (primary N) is 1. The third kappa shape index (κ3) is 3.22. The van der Waals surface area contributed by atoms with E-state index < -0.39 is 15.7 Å². The molecule has 4 rings (SSSR count). The first-order valence-corrected chi connectivity index (χ1v) is 10.3. The second-order valence-electron chi connectivity index (χ2n) is 6.73. The van der Waals surface area contributed by atoms with Gasteiger partial charge >= 0.3 is 0 Å². The summed E-state index contributed by atoms with van der Waals surface area (Å²) in [5.74, 6) is 1.14. The number of sulfone groups is 1. The molecule has 3 N–H and O–H groups in total. The Balaban J connectivity index is 1.67. The summed E-state index contributed by atoms with van der Waals surface area (Å²) in [5, 5.41) is 2.65. The molecule has 1 saturated carbocycles. The van der Waals surface area contributed by atoms with E-state index in [2.05, 4.69) is 15.3 Å². The fourth-order valence-corrected chi connectivity index (χ4v) is 3.99. The number of fused-ring (bicyclic) bond motifs is 1. The van der Waals surface area contributed by atoms with E-state index in [1.54, 1.807) is 6.07 Å². The molecule has 7 nitrogen and oxygen atoms in total. The molecule has 0 bridgehead atoms. The first-order chi connectivity index (χ1) is 12.2. The lowest BCUT2D eigenvalue weighted by atomic mass is 10.3. The van der Waals surface area contributed by atoms with E-state index >= 15 is 0 Å². The number of benzene rings is 1. The summed E-state index contributed by atoms with van der Waals surface area (Å²) in [4.78, 5) is 10.3. The number of nitrogens with one attached hydrogen (secondary N) is 1. The van der Waals surface area contributed by atoms with Crippen LogP contribution in [0.2, 0.25) is 5.02 Å². The predicted octanol–water partition coefficient (Wildman–Crippen LogP) is 1.81. The van der Waals surface area contributed by atoms with Crippen LogP contribution in [0.4, 0.5) is 21.7 Å². The predicted molar refractivity (Wildman–Crippen MR) is 97.0 cm³/mol. The number of aromatic nitrogens is 2. The van der Waals surface area contributed by atoms with Crippen molar-refractivity contribution in [3.8, 4) is 0 Å². The van der Waals surface area contributed by atoms with Crippen LogP contribution >= 0.6 is 11.6 Å². The second kappa shape index (κ2) is 6.04. The van der Waals surface area contributed by atoms with Crippen LogP contribution in [0.5, 0.6) is 0 Å². The van der Waals surface area contributed by atoms with Crippen LogP contribution in [0.3, 0.4) is 0 Å². The first kappa shape index (κ1) is 17.4. The monoisotopic (exact) mass is 397 g/mol. The highest BCUT2D eigenvalue weighted by atomic mass is 35.5. The summed E-state index contributed by atoms with van der Waals surface area (Å²) in [7, 11) is -3.60. The number of piperidine rings is 1. The number of halogens is 2. The molecule has 1 saturated heterocycles. The van der Waals surface area contributed by atoms with Crippen LogP contribution in [-0.2, 0) is 9.84 Å². The van der Waals surface area contributed by atoms with Crippen molar-refractivity contribution in [2.75, 3.05) is 29.6 Å². The fraction of sp³-hybridized carbons (Fsp3) is 0.375. The zero-order chi connectivity index (χ0) is 18.6. The minimum Gasteiger partial charge on any atom is -0.356 e. The number of nitrogens with zero attached hydrogens (tertiary/aromatic N) is 3. The SMILES string of the molecule is CS(=O)(=O)c1nc(Nc2ccc(F)c(Cl)c2)cc(N2CC3C(N)C3C2)n1. The largest absolute Gasteiger partial charge is 0.356 e. The Morgan fingerprint density at radius 3 is 2.58 bits per heavy atom. The lowest BCUT2D eigenvalue weighted by Gasteiger charge is -2.21. The van der Waals surface area contributed by atoms with Crippen LogP contribution in [-0.4, -0.2) is 43.8 Å². The van der Waals surface area contributed by atoms with Crippen LogP contribution in [0.15, 0.2) is 29.4 Å². The molecule has 2 heterocycles. The van der Waals surface area contributed by atoms with Crippen LogP contribution < -0.4 is 16.0 Å². The summed E-state index contributed by atoms with van der Waals surface area (Å²) >= 11 is 5.79. The van der Waals surface area contributed by atoms with E-state index in [4.69, 9.17) is 17.3 Å². The van der Waals surface area contributed by atoms with Gasteiger partial charge in [-0.3, -0.25) is 0 Å². The summed E-state index contributed by atoms with van der Waals surface area (Å²) in [6.45, 7) is 1.49. The summed E-state index contributed by atoms with van der Waals surface area (Å²) in [6.07, 6.45) is 1.06. The molecule has 1 aliphatic carbocycles. The van der Waals surface area contributed by atoms with Crippen LogP contribution in [0.1, 0.15) is 0 Å². The van der Waals surface area contributed by atoms with Crippen LogP contribution in [0, 0.1) is 17.7 Å². The molecule has 2 aromatic rings. The zero-order valence-corrected chi connectivity index (χ0v) is 15.4. The quantitative estimate of drug-likeness (QED) is 0.758. The Bertz CT molecular complexity index is 975.